The molecule has 0 saturated heterocycles. The van der Waals surface area contributed by atoms with Gasteiger partial charge in [-0.25, -0.2) is 4.39 Å². The summed E-state index contributed by atoms with van der Waals surface area (Å²) >= 11 is 0. The molecular weight excluding hydrogens is 253 g/mol. The van der Waals surface area contributed by atoms with Crippen molar-refractivity contribution >= 4 is 0 Å². The fourth-order valence-electron chi connectivity index (χ4n) is 2.59. The van der Waals surface area contributed by atoms with E-state index in [1.165, 1.54) is 18.4 Å². The second kappa shape index (κ2) is 7.75. The Morgan fingerprint density at radius 2 is 1.95 bits per heavy atom. The highest BCUT2D eigenvalue weighted by molar-refractivity contribution is 5.23. The third kappa shape index (κ3) is 4.88. The van der Waals surface area contributed by atoms with E-state index in [0.717, 1.165) is 26.2 Å². The van der Waals surface area contributed by atoms with Crippen molar-refractivity contribution in [1.29, 1.82) is 0 Å². The van der Waals surface area contributed by atoms with E-state index >= 15 is 0 Å². The summed E-state index contributed by atoms with van der Waals surface area (Å²) in [5, 5.41) is 3.56. The molecule has 112 valence electrons. The van der Waals surface area contributed by atoms with Crippen LogP contribution in [0, 0.1) is 11.7 Å². The van der Waals surface area contributed by atoms with Gasteiger partial charge >= 0.3 is 0 Å². The first kappa shape index (κ1) is 15.5. The quantitative estimate of drug-likeness (QED) is 0.732. The van der Waals surface area contributed by atoms with E-state index in [9.17, 15) is 4.39 Å². The maximum absolute atomic E-state index is 12.8. The van der Waals surface area contributed by atoms with Crippen LogP contribution in [0.5, 0.6) is 0 Å². The summed E-state index contributed by atoms with van der Waals surface area (Å²) in [7, 11) is 0. The van der Waals surface area contributed by atoms with Gasteiger partial charge in [-0.1, -0.05) is 26.0 Å². The summed E-state index contributed by atoms with van der Waals surface area (Å²) in [5.41, 5.74) is 1.27. The van der Waals surface area contributed by atoms with Crippen LogP contribution in [0.2, 0.25) is 0 Å². The number of rotatable bonds is 8. The molecule has 1 saturated carbocycles. The highest BCUT2D eigenvalue weighted by Crippen LogP contribution is 2.36. The van der Waals surface area contributed by atoms with E-state index in [2.05, 4.69) is 19.2 Å². The predicted molar refractivity (Wildman–Crippen MR) is 80.4 cm³/mol. The van der Waals surface area contributed by atoms with Crippen molar-refractivity contribution in [1.82, 2.24) is 5.32 Å². The lowest BCUT2D eigenvalue weighted by molar-refractivity contribution is 0.106. The van der Waals surface area contributed by atoms with Crippen molar-refractivity contribution < 1.29 is 9.13 Å². The molecule has 1 aromatic rings. The Labute approximate surface area is 121 Å². The molecule has 0 heterocycles. The van der Waals surface area contributed by atoms with Crippen LogP contribution in [0.3, 0.4) is 0 Å². The molecule has 20 heavy (non-hydrogen) atoms. The molecule has 0 bridgehead atoms. The summed E-state index contributed by atoms with van der Waals surface area (Å²) < 4.78 is 18.4. The maximum Gasteiger partial charge on any atom is 0.123 e. The Morgan fingerprint density at radius 1 is 1.25 bits per heavy atom. The molecule has 0 aliphatic heterocycles. The number of hydrogen-bond donors (Lipinski definition) is 1. The largest absolute Gasteiger partial charge is 0.381 e. The first-order chi connectivity index (χ1) is 9.65. The maximum atomic E-state index is 12.8. The van der Waals surface area contributed by atoms with Crippen molar-refractivity contribution in [3.8, 4) is 0 Å². The SMILES string of the molecule is CC(C)COCCCNC1CC(c2ccc(F)cc2)C1. The van der Waals surface area contributed by atoms with Crippen molar-refractivity contribution in [2.24, 2.45) is 5.92 Å². The Hall–Kier alpha value is -0.930. The smallest absolute Gasteiger partial charge is 0.123 e. The van der Waals surface area contributed by atoms with Crippen LogP contribution in [-0.4, -0.2) is 25.8 Å². The molecular formula is C17H26FNO. The summed E-state index contributed by atoms with van der Waals surface area (Å²) in [5.74, 6) is 1.07. The van der Waals surface area contributed by atoms with Gasteiger partial charge in [0.05, 0.1) is 0 Å². The molecule has 1 aliphatic carbocycles. The zero-order chi connectivity index (χ0) is 14.4. The van der Waals surface area contributed by atoms with Gasteiger partial charge in [-0.3, -0.25) is 0 Å². The minimum atomic E-state index is -0.149. The zero-order valence-electron chi connectivity index (χ0n) is 12.6. The van der Waals surface area contributed by atoms with Crippen LogP contribution in [-0.2, 0) is 4.74 Å². The summed E-state index contributed by atoms with van der Waals surface area (Å²) in [6, 6.07) is 7.56. The summed E-state index contributed by atoms with van der Waals surface area (Å²) in [6.45, 7) is 7.07. The molecule has 0 amide bonds. The van der Waals surface area contributed by atoms with Crippen LogP contribution in [0.1, 0.15) is 44.6 Å². The molecule has 1 fully saturated rings. The Kier molecular flexibility index (Phi) is 5.99. The zero-order valence-corrected chi connectivity index (χ0v) is 12.6. The van der Waals surface area contributed by atoms with E-state index in [4.69, 9.17) is 4.74 Å². The van der Waals surface area contributed by atoms with Gasteiger partial charge in [0, 0.05) is 19.3 Å². The van der Waals surface area contributed by atoms with Crippen LogP contribution < -0.4 is 5.32 Å². The van der Waals surface area contributed by atoms with Crippen molar-refractivity contribution in [2.45, 2.75) is 45.1 Å². The predicted octanol–water partition coefficient (Wildman–Crippen LogP) is 3.72. The highest BCUT2D eigenvalue weighted by atomic mass is 19.1. The van der Waals surface area contributed by atoms with Crippen LogP contribution in [0.25, 0.3) is 0 Å². The minimum Gasteiger partial charge on any atom is -0.381 e. The number of ether oxygens (including phenoxy) is 1. The molecule has 1 aliphatic rings. The molecule has 0 aromatic heterocycles. The van der Waals surface area contributed by atoms with Gasteiger partial charge in [0.1, 0.15) is 5.82 Å². The van der Waals surface area contributed by atoms with E-state index in [1.54, 1.807) is 12.1 Å². The Morgan fingerprint density at radius 3 is 2.60 bits per heavy atom. The van der Waals surface area contributed by atoms with Crippen LogP contribution >= 0.6 is 0 Å². The van der Waals surface area contributed by atoms with Gasteiger partial charge in [0.25, 0.3) is 0 Å². The third-order valence-electron chi connectivity index (χ3n) is 3.83. The molecule has 0 spiro atoms. The van der Waals surface area contributed by atoms with Gasteiger partial charge in [0.2, 0.25) is 0 Å². The molecule has 2 nitrogen and oxygen atoms in total. The normalized spacial score (nSPS) is 22.0. The van der Waals surface area contributed by atoms with Crippen LogP contribution in [0.4, 0.5) is 4.39 Å². The standard InChI is InChI=1S/C17H26FNO/c1-13(2)12-20-9-3-8-19-17-10-15(11-17)14-4-6-16(18)7-5-14/h4-7,13,15,17,19H,3,8-12H2,1-2H3. The fraction of sp³-hybridized carbons (Fsp3) is 0.647. The van der Waals surface area contributed by atoms with Gasteiger partial charge in [0.15, 0.2) is 0 Å². The number of benzene rings is 1. The number of hydrogen-bond acceptors (Lipinski definition) is 2. The average molecular weight is 279 g/mol. The molecule has 3 heteroatoms. The minimum absolute atomic E-state index is 0.149. The van der Waals surface area contributed by atoms with Gasteiger partial charge in [-0.05, 0) is 55.3 Å². The molecule has 2 rings (SSSR count). The van der Waals surface area contributed by atoms with E-state index in [-0.39, 0.29) is 5.82 Å². The lowest BCUT2D eigenvalue weighted by Crippen LogP contribution is -2.40. The second-order valence-corrected chi connectivity index (χ2v) is 6.19. The molecule has 0 radical (unpaired) electrons. The van der Waals surface area contributed by atoms with Crippen molar-refractivity contribution in [3.63, 3.8) is 0 Å². The first-order valence-corrected chi connectivity index (χ1v) is 7.71. The lowest BCUT2D eigenvalue weighted by Gasteiger charge is -2.36. The summed E-state index contributed by atoms with van der Waals surface area (Å²) in [4.78, 5) is 0. The van der Waals surface area contributed by atoms with E-state index in [0.29, 0.717) is 17.9 Å². The van der Waals surface area contributed by atoms with Crippen molar-refractivity contribution in [3.05, 3.63) is 35.6 Å². The fourth-order valence-corrected chi connectivity index (χ4v) is 2.59. The molecule has 1 aromatic carbocycles. The first-order valence-electron chi connectivity index (χ1n) is 7.71. The molecule has 0 unspecified atom stereocenters. The molecule has 0 atom stereocenters. The monoisotopic (exact) mass is 279 g/mol. The van der Waals surface area contributed by atoms with E-state index < -0.39 is 0 Å². The Bertz CT molecular complexity index is 384. The lowest BCUT2D eigenvalue weighted by atomic mass is 9.76. The average Bonchev–Trinajstić information content (AvgIpc) is 2.37. The summed E-state index contributed by atoms with van der Waals surface area (Å²) in [6.07, 6.45) is 3.40. The third-order valence-corrected chi connectivity index (χ3v) is 3.83. The highest BCUT2D eigenvalue weighted by Gasteiger charge is 2.29. The van der Waals surface area contributed by atoms with E-state index in [1.807, 2.05) is 12.1 Å². The second-order valence-electron chi connectivity index (χ2n) is 6.19. The Balaban J connectivity index is 1.52. The van der Waals surface area contributed by atoms with Crippen LogP contribution in [0.15, 0.2) is 24.3 Å². The van der Waals surface area contributed by atoms with Gasteiger partial charge < -0.3 is 10.1 Å². The van der Waals surface area contributed by atoms with Crippen molar-refractivity contribution in [2.75, 3.05) is 19.8 Å². The van der Waals surface area contributed by atoms with Gasteiger partial charge in [-0.2, -0.15) is 0 Å². The number of nitrogens with one attached hydrogen (secondary N) is 1. The van der Waals surface area contributed by atoms with Gasteiger partial charge in [-0.15, -0.1) is 0 Å². The molecule has 1 N–H and O–H groups in total. The number of halogens is 1. The topological polar surface area (TPSA) is 21.3 Å².